The summed E-state index contributed by atoms with van der Waals surface area (Å²) in [6, 6.07) is 14.1. The number of aliphatic hydroxyl groups excluding tert-OH is 2. The van der Waals surface area contributed by atoms with Crippen LogP contribution in [0.5, 0.6) is 5.75 Å². The second kappa shape index (κ2) is 7.17. The van der Waals surface area contributed by atoms with E-state index >= 15 is 0 Å². The Kier molecular flexibility index (Phi) is 4.62. The Balaban J connectivity index is 1.25. The van der Waals surface area contributed by atoms with Crippen molar-refractivity contribution in [1.29, 1.82) is 0 Å². The standard InChI is InChI=1S/C24H28N2O3/c1-16-6-7-17-19(14-25-20(17)12-16)22(28)15-26-10-8-24(9-11-26)13-21(27)18-4-2-3-5-23(18)29-24/h2-7,12,14,21-22,25,27-28H,8-11,13,15H2,1H3. The third kappa shape index (κ3) is 3.44. The van der Waals surface area contributed by atoms with Gasteiger partial charge >= 0.3 is 0 Å². The Labute approximate surface area is 170 Å². The Morgan fingerprint density at radius 2 is 2.00 bits per heavy atom. The maximum absolute atomic E-state index is 10.9. The summed E-state index contributed by atoms with van der Waals surface area (Å²) in [4.78, 5) is 5.59. The number of hydrogen-bond donors (Lipinski definition) is 3. The minimum absolute atomic E-state index is 0.298. The summed E-state index contributed by atoms with van der Waals surface area (Å²) in [5.41, 5.74) is 3.83. The van der Waals surface area contributed by atoms with Crippen molar-refractivity contribution >= 4 is 10.9 Å². The number of fused-ring (bicyclic) bond motifs is 2. The fraction of sp³-hybridized carbons (Fsp3) is 0.417. The van der Waals surface area contributed by atoms with Crippen molar-refractivity contribution < 1.29 is 14.9 Å². The van der Waals surface area contributed by atoms with Gasteiger partial charge in [-0.2, -0.15) is 0 Å². The summed E-state index contributed by atoms with van der Waals surface area (Å²) in [6.07, 6.45) is 3.29. The first-order chi connectivity index (χ1) is 14.0. The van der Waals surface area contributed by atoms with Crippen molar-refractivity contribution in [2.24, 2.45) is 0 Å². The van der Waals surface area contributed by atoms with Crippen LogP contribution in [0.4, 0.5) is 0 Å². The highest BCUT2D eigenvalue weighted by Gasteiger charge is 2.42. The molecule has 2 atom stereocenters. The number of H-pyrrole nitrogens is 1. The third-order valence-electron chi connectivity index (χ3n) is 6.60. The molecule has 2 aliphatic heterocycles. The average Bonchev–Trinajstić information content (AvgIpc) is 3.13. The highest BCUT2D eigenvalue weighted by Crippen LogP contribution is 2.44. The monoisotopic (exact) mass is 392 g/mol. The number of nitrogens with one attached hydrogen (secondary N) is 1. The van der Waals surface area contributed by atoms with Crippen LogP contribution >= 0.6 is 0 Å². The average molecular weight is 392 g/mol. The normalized spacial score (nSPS) is 22.4. The number of piperidine rings is 1. The molecule has 29 heavy (non-hydrogen) atoms. The number of hydrogen-bond acceptors (Lipinski definition) is 4. The van der Waals surface area contributed by atoms with Crippen LogP contribution < -0.4 is 4.74 Å². The predicted molar refractivity (Wildman–Crippen MR) is 113 cm³/mol. The van der Waals surface area contributed by atoms with Gasteiger partial charge in [-0.1, -0.05) is 30.3 Å². The van der Waals surface area contributed by atoms with Gasteiger partial charge in [-0.15, -0.1) is 0 Å². The van der Waals surface area contributed by atoms with Gasteiger partial charge in [0.15, 0.2) is 0 Å². The van der Waals surface area contributed by atoms with Crippen LogP contribution in [0.25, 0.3) is 10.9 Å². The van der Waals surface area contributed by atoms with Gasteiger partial charge in [0, 0.05) is 54.3 Å². The minimum Gasteiger partial charge on any atom is -0.487 e. The first kappa shape index (κ1) is 18.7. The first-order valence-corrected chi connectivity index (χ1v) is 10.5. The van der Waals surface area contributed by atoms with Gasteiger partial charge in [0.25, 0.3) is 0 Å². The minimum atomic E-state index is -0.529. The molecular formula is C24H28N2O3. The molecule has 5 rings (SSSR count). The quantitative estimate of drug-likeness (QED) is 0.633. The van der Waals surface area contributed by atoms with E-state index in [2.05, 4.69) is 35.0 Å². The van der Waals surface area contributed by atoms with Gasteiger partial charge in [-0.3, -0.25) is 0 Å². The Hall–Kier alpha value is -2.34. The van der Waals surface area contributed by atoms with E-state index in [1.165, 1.54) is 5.56 Å². The highest BCUT2D eigenvalue weighted by molar-refractivity contribution is 5.84. The summed E-state index contributed by atoms with van der Waals surface area (Å²) in [5.74, 6) is 0.814. The van der Waals surface area contributed by atoms with Gasteiger partial charge in [0.1, 0.15) is 11.4 Å². The summed E-state index contributed by atoms with van der Waals surface area (Å²) in [5, 5.41) is 22.6. The van der Waals surface area contributed by atoms with E-state index in [9.17, 15) is 10.2 Å². The Morgan fingerprint density at radius 3 is 2.83 bits per heavy atom. The van der Waals surface area contributed by atoms with E-state index in [-0.39, 0.29) is 5.60 Å². The van der Waals surface area contributed by atoms with Crippen molar-refractivity contribution in [3.63, 3.8) is 0 Å². The molecule has 0 saturated carbocycles. The molecule has 5 heteroatoms. The number of aliphatic hydroxyl groups is 2. The van der Waals surface area contributed by atoms with Crippen molar-refractivity contribution in [1.82, 2.24) is 9.88 Å². The lowest BCUT2D eigenvalue weighted by Crippen LogP contribution is -2.51. The second-order valence-electron chi connectivity index (χ2n) is 8.65. The van der Waals surface area contributed by atoms with Crippen LogP contribution in [0.1, 0.15) is 48.2 Å². The van der Waals surface area contributed by atoms with E-state index in [4.69, 9.17) is 4.74 Å². The number of ether oxygens (including phenoxy) is 1. The molecule has 1 aromatic heterocycles. The topological polar surface area (TPSA) is 68.7 Å². The van der Waals surface area contributed by atoms with E-state index < -0.39 is 12.2 Å². The third-order valence-corrected chi connectivity index (χ3v) is 6.60. The highest BCUT2D eigenvalue weighted by atomic mass is 16.5. The van der Waals surface area contributed by atoms with Crippen LogP contribution in [0.2, 0.25) is 0 Å². The second-order valence-corrected chi connectivity index (χ2v) is 8.65. The van der Waals surface area contributed by atoms with Crippen molar-refractivity contribution in [3.8, 4) is 5.75 Å². The maximum Gasteiger partial charge on any atom is 0.125 e. The van der Waals surface area contributed by atoms with Gasteiger partial charge in [-0.05, 0) is 37.5 Å². The SMILES string of the molecule is Cc1ccc2c(C(O)CN3CCC4(CC3)CC(O)c3ccccc3O4)c[nH]c2c1. The van der Waals surface area contributed by atoms with Gasteiger partial charge in [0.2, 0.25) is 0 Å². The Morgan fingerprint density at radius 1 is 1.21 bits per heavy atom. The molecule has 2 aromatic carbocycles. The maximum atomic E-state index is 10.9. The molecule has 0 bridgehead atoms. The molecule has 0 amide bonds. The first-order valence-electron chi connectivity index (χ1n) is 10.5. The molecule has 1 saturated heterocycles. The lowest BCUT2D eigenvalue weighted by atomic mass is 9.81. The fourth-order valence-electron chi connectivity index (χ4n) is 4.92. The zero-order valence-electron chi connectivity index (χ0n) is 16.8. The summed E-state index contributed by atoms with van der Waals surface area (Å²) in [7, 11) is 0. The molecule has 1 spiro atoms. The van der Waals surface area contributed by atoms with Crippen LogP contribution in [-0.2, 0) is 0 Å². The lowest BCUT2D eigenvalue weighted by Gasteiger charge is -2.46. The van der Waals surface area contributed by atoms with Crippen LogP contribution in [0.3, 0.4) is 0 Å². The predicted octanol–water partition coefficient (Wildman–Crippen LogP) is 3.86. The number of para-hydroxylation sites is 1. The molecule has 3 N–H and O–H groups in total. The van der Waals surface area contributed by atoms with E-state index in [1.54, 1.807) is 0 Å². The summed E-state index contributed by atoms with van der Waals surface area (Å²) >= 11 is 0. The summed E-state index contributed by atoms with van der Waals surface area (Å²) < 4.78 is 6.37. The molecule has 2 aliphatic rings. The molecule has 0 aliphatic carbocycles. The number of rotatable bonds is 3. The summed E-state index contributed by atoms with van der Waals surface area (Å²) in [6.45, 7) is 4.39. The zero-order chi connectivity index (χ0) is 20.0. The number of nitrogens with zero attached hydrogens (tertiary/aromatic N) is 1. The van der Waals surface area contributed by atoms with E-state index in [0.717, 1.165) is 53.7 Å². The lowest BCUT2D eigenvalue weighted by molar-refractivity contribution is -0.0587. The molecule has 1 fully saturated rings. The smallest absolute Gasteiger partial charge is 0.125 e. The molecule has 0 radical (unpaired) electrons. The Bertz CT molecular complexity index is 1020. The zero-order valence-corrected chi connectivity index (χ0v) is 16.8. The molecular weight excluding hydrogens is 364 g/mol. The molecule has 152 valence electrons. The number of β-amino-alcohol motifs (C(OH)–C–C–N with tert-alkyl or cyclic N) is 1. The number of aryl methyl sites for hydroxylation is 1. The van der Waals surface area contributed by atoms with E-state index in [0.29, 0.717) is 13.0 Å². The van der Waals surface area contributed by atoms with E-state index in [1.807, 2.05) is 30.5 Å². The van der Waals surface area contributed by atoms with Crippen molar-refractivity contribution in [2.75, 3.05) is 19.6 Å². The molecule has 2 unspecified atom stereocenters. The van der Waals surface area contributed by atoms with Crippen LogP contribution in [-0.4, -0.2) is 45.3 Å². The largest absolute Gasteiger partial charge is 0.487 e. The van der Waals surface area contributed by atoms with Gasteiger partial charge in [0.05, 0.1) is 12.2 Å². The van der Waals surface area contributed by atoms with Crippen LogP contribution in [0.15, 0.2) is 48.7 Å². The number of aromatic nitrogens is 1. The fourth-order valence-corrected chi connectivity index (χ4v) is 4.92. The number of likely N-dealkylation sites (tertiary alicyclic amines) is 1. The molecule has 5 nitrogen and oxygen atoms in total. The number of benzene rings is 2. The van der Waals surface area contributed by atoms with Crippen molar-refractivity contribution in [2.45, 2.75) is 44.0 Å². The number of aromatic amines is 1. The van der Waals surface area contributed by atoms with Crippen molar-refractivity contribution in [3.05, 3.63) is 65.4 Å². The van der Waals surface area contributed by atoms with Gasteiger partial charge in [-0.25, -0.2) is 0 Å². The van der Waals surface area contributed by atoms with Gasteiger partial charge < -0.3 is 24.8 Å². The van der Waals surface area contributed by atoms with Crippen LogP contribution in [0, 0.1) is 6.92 Å². The molecule has 3 heterocycles. The molecule has 3 aromatic rings.